The Morgan fingerprint density at radius 3 is 2.64 bits per heavy atom. The van der Waals surface area contributed by atoms with Crippen molar-refractivity contribution >= 4 is 23.1 Å². The molecule has 3 nitrogen and oxygen atoms in total. The van der Waals surface area contributed by atoms with Gasteiger partial charge in [0.15, 0.2) is 0 Å². The highest BCUT2D eigenvalue weighted by Crippen LogP contribution is 2.22. The zero-order valence-electron chi connectivity index (χ0n) is 7.20. The first-order valence-electron chi connectivity index (χ1n) is 3.81. The summed E-state index contributed by atoms with van der Waals surface area (Å²) in [7, 11) is 0. The predicted molar refractivity (Wildman–Crippen MR) is 54.2 cm³/mol. The average molecular weight is 207 g/mol. The predicted octanol–water partition coefficient (Wildman–Crippen LogP) is 1.73. The van der Waals surface area contributed by atoms with E-state index < -0.39 is 5.91 Å². The maximum absolute atomic E-state index is 10.6. The minimum atomic E-state index is -0.665. The summed E-state index contributed by atoms with van der Waals surface area (Å²) in [6.07, 6.45) is 1.06. The van der Waals surface area contributed by atoms with Gasteiger partial charge in [0.05, 0.1) is 5.57 Å². The number of allylic oxidation sites excluding steroid dienone is 1. The molecule has 0 radical (unpaired) electrons. The molecule has 0 saturated carbocycles. The van der Waals surface area contributed by atoms with Crippen LogP contribution in [0, 0.1) is 11.3 Å². The molecule has 0 spiro atoms. The van der Waals surface area contributed by atoms with Crippen LogP contribution in [0.4, 0.5) is 0 Å². The number of nitrogens with zero attached hydrogens (tertiary/aromatic N) is 1. The van der Waals surface area contributed by atoms with Crippen LogP contribution in [-0.4, -0.2) is 5.91 Å². The van der Waals surface area contributed by atoms with Crippen molar-refractivity contribution in [1.29, 1.82) is 5.26 Å². The number of carbonyl (C=O) groups excluding carboxylic acids is 1. The molecule has 0 aliphatic carbocycles. The lowest BCUT2D eigenvalue weighted by molar-refractivity contribution is -0.113. The number of rotatable bonds is 2. The van der Waals surface area contributed by atoms with E-state index in [0.717, 1.165) is 6.08 Å². The van der Waals surface area contributed by atoms with E-state index in [2.05, 4.69) is 0 Å². The molecule has 0 aromatic heterocycles. The summed E-state index contributed by atoms with van der Waals surface area (Å²) in [5.41, 5.74) is 5.63. The summed E-state index contributed by atoms with van der Waals surface area (Å²) in [6.45, 7) is 0. The smallest absolute Gasteiger partial charge is 0.242 e. The molecule has 0 unspecified atom stereocenters. The van der Waals surface area contributed by atoms with Gasteiger partial charge in [0.2, 0.25) is 5.91 Å². The first-order chi connectivity index (χ1) is 6.65. The average Bonchev–Trinajstić information content (AvgIpc) is 2.15. The lowest BCUT2D eigenvalue weighted by Gasteiger charge is -2.00. The standard InChI is InChI=1S/C10H7ClN2O/c11-9-4-2-1-3-8(9)7(6-12)5-10(13)14/h1-5H,(H2,13,14). The number of amides is 1. The fourth-order valence-corrected chi connectivity index (χ4v) is 1.23. The van der Waals surface area contributed by atoms with Crippen molar-refractivity contribution in [3.05, 3.63) is 40.9 Å². The summed E-state index contributed by atoms with van der Waals surface area (Å²) in [5, 5.41) is 9.19. The molecule has 70 valence electrons. The maximum atomic E-state index is 10.6. The number of primary amides is 1. The SMILES string of the molecule is N#CC(=CC(N)=O)c1ccccc1Cl. The molecule has 1 rings (SSSR count). The molecule has 0 aliphatic heterocycles. The molecule has 0 heterocycles. The van der Waals surface area contributed by atoms with Crippen LogP contribution in [0.25, 0.3) is 5.57 Å². The zero-order chi connectivity index (χ0) is 10.6. The molecule has 1 aromatic carbocycles. The fraction of sp³-hybridized carbons (Fsp3) is 0. The second kappa shape index (κ2) is 4.45. The first kappa shape index (κ1) is 10.3. The molecule has 14 heavy (non-hydrogen) atoms. The Bertz CT molecular complexity index is 432. The molecule has 0 aliphatic rings. The number of nitrogens with two attached hydrogens (primary N) is 1. The maximum Gasteiger partial charge on any atom is 0.242 e. The first-order valence-corrected chi connectivity index (χ1v) is 4.19. The van der Waals surface area contributed by atoms with Crippen molar-refractivity contribution in [3.63, 3.8) is 0 Å². The third-order valence-electron chi connectivity index (χ3n) is 1.57. The molecule has 0 atom stereocenters. The number of hydrogen-bond donors (Lipinski definition) is 1. The van der Waals surface area contributed by atoms with Crippen LogP contribution in [0.1, 0.15) is 5.56 Å². The Morgan fingerprint density at radius 2 is 2.14 bits per heavy atom. The van der Waals surface area contributed by atoms with Crippen LogP contribution < -0.4 is 5.73 Å². The minimum absolute atomic E-state index is 0.170. The highest BCUT2D eigenvalue weighted by molar-refractivity contribution is 6.32. The third kappa shape index (κ3) is 2.35. The molecular formula is C10H7ClN2O. The van der Waals surface area contributed by atoms with E-state index in [-0.39, 0.29) is 5.57 Å². The van der Waals surface area contributed by atoms with Gasteiger partial charge < -0.3 is 5.73 Å². The van der Waals surface area contributed by atoms with Crippen molar-refractivity contribution in [1.82, 2.24) is 0 Å². The molecule has 1 amide bonds. The Kier molecular flexibility index (Phi) is 3.27. The van der Waals surface area contributed by atoms with Crippen molar-refractivity contribution in [2.24, 2.45) is 5.73 Å². The lowest BCUT2D eigenvalue weighted by Crippen LogP contribution is -2.06. The molecule has 2 N–H and O–H groups in total. The van der Waals surface area contributed by atoms with Crippen molar-refractivity contribution in [2.75, 3.05) is 0 Å². The Balaban J connectivity index is 3.22. The number of carbonyl (C=O) groups is 1. The monoisotopic (exact) mass is 206 g/mol. The van der Waals surface area contributed by atoms with Gasteiger partial charge in [-0.15, -0.1) is 0 Å². The van der Waals surface area contributed by atoms with E-state index in [1.54, 1.807) is 24.3 Å². The number of hydrogen-bond acceptors (Lipinski definition) is 2. The molecule has 0 bridgehead atoms. The van der Waals surface area contributed by atoms with E-state index in [9.17, 15) is 4.79 Å². The summed E-state index contributed by atoms with van der Waals surface area (Å²) < 4.78 is 0. The minimum Gasteiger partial charge on any atom is -0.366 e. The molecule has 4 heteroatoms. The van der Waals surface area contributed by atoms with Crippen LogP contribution in [-0.2, 0) is 4.79 Å². The van der Waals surface area contributed by atoms with E-state index in [1.165, 1.54) is 0 Å². The molecule has 0 saturated heterocycles. The fourth-order valence-electron chi connectivity index (χ4n) is 0.992. The van der Waals surface area contributed by atoms with Gasteiger partial charge in [-0.1, -0.05) is 29.8 Å². The van der Waals surface area contributed by atoms with Gasteiger partial charge in [-0.05, 0) is 6.07 Å². The highest BCUT2D eigenvalue weighted by Gasteiger charge is 2.05. The van der Waals surface area contributed by atoms with E-state index in [1.807, 2.05) is 6.07 Å². The quantitative estimate of drug-likeness (QED) is 0.592. The Hall–Kier alpha value is -1.79. The van der Waals surface area contributed by atoms with Gasteiger partial charge in [-0.25, -0.2) is 0 Å². The van der Waals surface area contributed by atoms with E-state index in [0.29, 0.717) is 10.6 Å². The van der Waals surface area contributed by atoms with Crippen LogP contribution >= 0.6 is 11.6 Å². The van der Waals surface area contributed by atoms with Gasteiger partial charge >= 0.3 is 0 Å². The van der Waals surface area contributed by atoms with E-state index in [4.69, 9.17) is 22.6 Å². The highest BCUT2D eigenvalue weighted by atomic mass is 35.5. The second-order valence-electron chi connectivity index (χ2n) is 2.55. The lowest BCUT2D eigenvalue weighted by atomic mass is 10.1. The summed E-state index contributed by atoms with van der Waals surface area (Å²) in [5.74, 6) is -0.665. The van der Waals surface area contributed by atoms with Crippen molar-refractivity contribution in [3.8, 4) is 6.07 Å². The van der Waals surface area contributed by atoms with Gasteiger partial charge in [-0.3, -0.25) is 4.79 Å². The molecular weight excluding hydrogens is 200 g/mol. The van der Waals surface area contributed by atoms with Crippen molar-refractivity contribution in [2.45, 2.75) is 0 Å². The second-order valence-corrected chi connectivity index (χ2v) is 2.96. The number of halogens is 1. The summed E-state index contributed by atoms with van der Waals surface area (Å²) >= 11 is 5.84. The van der Waals surface area contributed by atoms with E-state index >= 15 is 0 Å². The number of benzene rings is 1. The van der Waals surface area contributed by atoms with Crippen LogP contribution in [0.2, 0.25) is 5.02 Å². The largest absolute Gasteiger partial charge is 0.366 e. The van der Waals surface area contributed by atoms with Gasteiger partial charge in [-0.2, -0.15) is 5.26 Å². The van der Waals surface area contributed by atoms with Crippen LogP contribution in [0.15, 0.2) is 30.3 Å². The Morgan fingerprint density at radius 1 is 1.50 bits per heavy atom. The molecule has 0 fully saturated rings. The summed E-state index contributed by atoms with van der Waals surface area (Å²) in [4.78, 5) is 10.6. The van der Waals surface area contributed by atoms with Gasteiger partial charge in [0.25, 0.3) is 0 Å². The zero-order valence-corrected chi connectivity index (χ0v) is 7.95. The third-order valence-corrected chi connectivity index (χ3v) is 1.90. The van der Waals surface area contributed by atoms with Crippen LogP contribution in [0.5, 0.6) is 0 Å². The number of nitriles is 1. The van der Waals surface area contributed by atoms with Gasteiger partial charge in [0.1, 0.15) is 6.07 Å². The molecule has 1 aromatic rings. The normalized spacial score (nSPS) is 10.7. The van der Waals surface area contributed by atoms with Crippen LogP contribution in [0.3, 0.4) is 0 Å². The Labute approximate surface area is 86.4 Å². The topological polar surface area (TPSA) is 66.9 Å². The van der Waals surface area contributed by atoms with Crippen molar-refractivity contribution < 1.29 is 4.79 Å². The summed E-state index contributed by atoms with van der Waals surface area (Å²) in [6, 6.07) is 8.63. The van der Waals surface area contributed by atoms with Gasteiger partial charge in [0, 0.05) is 16.7 Å².